The summed E-state index contributed by atoms with van der Waals surface area (Å²) in [6.07, 6.45) is 3.38. The summed E-state index contributed by atoms with van der Waals surface area (Å²) in [6.45, 7) is 4.51. The maximum absolute atomic E-state index is 12.2. The van der Waals surface area contributed by atoms with Crippen LogP contribution in [0.5, 0.6) is 0 Å². The number of nitrogen functional groups attached to an aromatic ring is 1. The largest absolute Gasteiger partial charge is 0.396 e. The van der Waals surface area contributed by atoms with Gasteiger partial charge in [0.1, 0.15) is 0 Å². The predicted molar refractivity (Wildman–Crippen MR) is 78.7 cm³/mol. The fourth-order valence-electron chi connectivity index (χ4n) is 2.30. The molecule has 1 saturated heterocycles. The topological polar surface area (TPSA) is 88.3 Å². The zero-order valence-electron chi connectivity index (χ0n) is 12.0. The molecule has 0 amide bonds. The highest BCUT2D eigenvalue weighted by atomic mass is 32.2. The minimum absolute atomic E-state index is 0.0108. The molecule has 0 saturated carbocycles. The van der Waals surface area contributed by atoms with Crippen LogP contribution in [0.1, 0.15) is 19.8 Å². The Kier molecular flexibility index (Phi) is 4.31. The Morgan fingerprint density at radius 1 is 1.45 bits per heavy atom. The molecule has 2 heterocycles. The SMILES string of the molecule is CN1CCC(C)(CNS(=O)(=O)c2ncccc2N)CC1. The summed E-state index contributed by atoms with van der Waals surface area (Å²) in [4.78, 5) is 6.12. The van der Waals surface area contributed by atoms with E-state index in [0.29, 0.717) is 6.54 Å². The third-order valence-electron chi connectivity index (χ3n) is 3.94. The highest BCUT2D eigenvalue weighted by molar-refractivity contribution is 7.89. The van der Waals surface area contributed by atoms with Crippen molar-refractivity contribution in [2.45, 2.75) is 24.8 Å². The highest BCUT2D eigenvalue weighted by Crippen LogP contribution is 2.30. The predicted octanol–water partition coefficient (Wildman–Crippen LogP) is 0.674. The van der Waals surface area contributed by atoms with Crippen LogP contribution in [0.15, 0.2) is 23.4 Å². The van der Waals surface area contributed by atoms with E-state index in [1.165, 1.54) is 6.20 Å². The fourth-order valence-corrected chi connectivity index (χ4v) is 3.55. The molecule has 0 spiro atoms. The van der Waals surface area contributed by atoms with Crippen LogP contribution in [-0.2, 0) is 10.0 Å². The number of rotatable bonds is 4. The Morgan fingerprint density at radius 3 is 2.70 bits per heavy atom. The Balaban J connectivity index is 2.05. The maximum atomic E-state index is 12.2. The molecule has 0 aromatic carbocycles. The standard InChI is InChI=1S/C13H22N4O2S/c1-13(5-8-17(2)9-6-13)10-16-20(18,19)12-11(14)4-3-7-15-12/h3-4,7,16H,5-6,8-10,14H2,1-2H3. The quantitative estimate of drug-likeness (QED) is 0.853. The van der Waals surface area contributed by atoms with Crippen molar-refractivity contribution in [1.82, 2.24) is 14.6 Å². The van der Waals surface area contributed by atoms with Crippen LogP contribution in [0.3, 0.4) is 0 Å². The molecule has 6 nitrogen and oxygen atoms in total. The first-order chi connectivity index (χ1) is 9.32. The lowest BCUT2D eigenvalue weighted by Crippen LogP contribution is -2.43. The zero-order valence-corrected chi connectivity index (χ0v) is 12.8. The Hall–Kier alpha value is -1.18. The van der Waals surface area contributed by atoms with Crippen molar-refractivity contribution in [3.63, 3.8) is 0 Å². The lowest BCUT2D eigenvalue weighted by molar-refractivity contribution is 0.143. The van der Waals surface area contributed by atoms with E-state index in [2.05, 4.69) is 28.6 Å². The van der Waals surface area contributed by atoms with Crippen LogP contribution >= 0.6 is 0 Å². The van der Waals surface area contributed by atoms with E-state index in [4.69, 9.17) is 5.73 Å². The van der Waals surface area contributed by atoms with Crippen LogP contribution in [0.25, 0.3) is 0 Å². The first-order valence-electron chi connectivity index (χ1n) is 6.71. The zero-order chi connectivity index (χ0) is 14.8. The molecule has 0 bridgehead atoms. The molecule has 7 heteroatoms. The molecule has 20 heavy (non-hydrogen) atoms. The maximum Gasteiger partial charge on any atom is 0.260 e. The Morgan fingerprint density at radius 2 is 2.10 bits per heavy atom. The third-order valence-corrected chi connectivity index (χ3v) is 5.31. The molecular weight excluding hydrogens is 276 g/mol. The lowest BCUT2D eigenvalue weighted by Gasteiger charge is -2.37. The number of pyridine rings is 1. The van der Waals surface area contributed by atoms with Gasteiger partial charge < -0.3 is 10.6 Å². The van der Waals surface area contributed by atoms with Gasteiger partial charge in [-0.1, -0.05) is 6.92 Å². The molecular formula is C13H22N4O2S. The second-order valence-corrected chi connectivity index (χ2v) is 7.52. The van der Waals surface area contributed by atoms with Gasteiger partial charge in [-0.25, -0.2) is 18.1 Å². The molecule has 0 atom stereocenters. The van der Waals surface area contributed by atoms with E-state index in [-0.39, 0.29) is 16.1 Å². The van der Waals surface area contributed by atoms with Crippen molar-refractivity contribution >= 4 is 15.7 Å². The third kappa shape index (κ3) is 3.47. The van der Waals surface area contributed by atoms with Crippen LogP contribution in [0.4, 0.5) is 5.69 Å². The molecule has 112 valence electrons. The van der Waals surface area contributed by atoms with Crippen LogP contribution < -0.4 is 10.5 Å². The average molecular weight is 298 g/mol. The van der Waals surface area contributed by atoms with Gasteiger partial charge in [0.2, 0.25) is 0 Å². The van der Waals surface area contributed by atoms with Crippen molar-refractivity contribution < 1.29 is 8.42 Å². The van der Waals surface area contributed by atoms with E-state index >= 15 is 0 Å². The lowest BCUT2D eigenvalue weighted by atomic mass is 9.81. The first-order valence-corrected chi connectivity index (χ1v) is 8.19. The summed E-state index contributed by atoms with van der Waals surface area (Å²) in [5.41, 5.74) is 5.84. The first kappa shape index (κ1) is 15.2. The number of nitrogens with one attached hydrogen (secondary N) is 1. The van der Waals surface area contributed by atoms with Gasteiger partial charge in [-0.2, -0.15) is 0 Å². The van der Waals surface area contributed by atoms with Gasteiger partial charge in [-0.05, 0) is 50.5 Å². The average Bonchev–Trinajstić information content (AvgIpc) is 2.41. The monoisotopic (exact) mass is 298 g/mol. The molecule has 0 unspecified atom stereocenters. The van der Waals surface area contributed by atoms with Gasteiger partial charge in [-0.3, -0.25) is 0 Å². The van der Waals surface area contributed by atoms with E-state index in [9.17, 15) is 8.42 Å². The van der Waals surface area contributed by atoms with E-state index in [1.54, 1.807) is 12.1 Å². The molecule has 0 aliphatic carbocycles. The Labute approximate surface area is 120 Å². The van der Waals surface area contributed by atoms with Crippen molar-refractivity contribution in [2.24, 2.45) is 5.41 Å². The van der Waals surface area contributed by atoms with E-state index < -0.39 is 10.0 Å². The van der Waals surface area contributed by atoms with Crippen LogP contribution in [0.2, 0.25) is 0 Å². The van der Waals surface area contributed by atoms with Gasteiger partial charge in [0, 0.05) is 12.7 Å². The minimum Gasteiger partial charge on any atom is -0.396 e. The number of likely N-dealkylation sites (tertiary alicyclic amines) is 1. The fraction of sp³-hybridized carbons (Fsp3) is 0.615. The second-order valence-electron chi connectivity index (χ2n) is 5.84. The number of sulfonamides is 1. The number of piperidine rings is 1. The van der Waals surface area contributed by atoms with E-state index in [1.807, 2.05) is 0 Å². The summed E-state index contributed by atoms with van der Waals surface area (Å²) < 4.78 is 27.1. The van der Waals surface area contributed by atoms with Gasteiger partial charge >= 0.3 is 0 Å². The molecule has 1 fully saturated rings. The van der Waals surface area contributed by atoms with Crippen molar-refractivity contribution in [1.29, 1.82) is 0 Å². The van der Waals surface area contributed by atoms with Gasteiger partial charge in [0.25, 0.3) is 10.0 Å². The summed E-state index contributed by atoms with van der Waals surface area (Å²) >= 11 is 0. The second kappa shape index (κ2) is 5.67. The van der Waals surface area contributed by atoms with Crippen molar-refractivity contribution in [3.8, 4) is 0 Å². The molecule has 1 aliphatic rings. The molecule has 1 aromatic rings. The smallest absolute Gasteiger partial charge is 0.260 e. The highest BCUT2D eigenvalue weighted by Gasteiger charge is 2.31. The molecule has 0 radical (unpaired) electrons. The molecule has 3 N–H and O–H groups in total. The van der Waals surface area contributed by atoms with Crippen molar-refractivity contribution in [2.75, 3.05) is 32.4 Å². The van der Waals surface area contributed by atoms with Crippen LogP contribution in [-0.4, -0.2) is 45.0 Å². The molecule has 2 rings (SSSR count). The minimum atomic E-state index is -3.64. The summed E-state index contributed by atoms with van der Waals surface area (Å²) in [7, 11) is -1.56. The Bertz CT molecular complexity index is 565. The summed E-state index contributed by atoms with van der Waals surface area (Å²) in [5.74, 6) is 0. The van der Waals surface area contributed by atoms with E-state index in [0.717, 1.165) is 25.9 Å². The number of nitrogens with zero attached hydrogens (tertiary/aromatic N) is 2. The van der Waals surface area contributed by atoms with Gasteiger partial charge in [-0.15, -0.1) is 0 Å². The van der Waals surface area contributed by atoms with Crippen molar-refractivity contribution in [3.05, 3.63) is 18.3 Å². The normalized spacial score (nSPS) is 19.9. The van der Waals surface area contributed by atoms with Gasteiger partial charge in [0.15, 0.2) is 5.03 Å². The van der Waals surface area contributed by atoms with Crippen LogP contribution in [0, 0.1) is 5.41 Å². The number of hydrogen-bond donors (Lipinski definition) is 2. The number of aromatic nitrogens is 1. The molecule has 1 aliphatic heterocycles. The summed E-state index contributed by atoms with van der Waals surface area (Å²) in [5, 5.41) is -0.0865. The molecule has 1 aromatic heterocycles. The number of nitrogens with two attached hydrogens (primary N) is 1. The summed E-state index contributed by atoms with van der Waals surface area (Å²) in [6, 6.07) is 3.16. The number of hydrogen-bond acceptors (Lipinski definition) is 5. The number of anilines is 1. The van der Waals surface area contributed by atoms with Gasteiger partial charge in [0.05, 0.1) is 5.69 Å².